The molecule has 0 fully saturated rings. The molecule has 0 N–H and O–H groups in total. The molecular formula is C66H49N. The van der Waals surface area contributed by atoms with E-state index in [2.05, 4.69) is 255 Å². The molecule has 67 heavy (non-hydrogen) atoms. The highest BCUT2D eigenvalue weighted by Gasteiger charge is 2.30. The molecule has 0 saturated heterocycles. The minimum Gasteiger partial charge on any atom is -0.280 e. The van der Waals surface area contributed by atoms with E-state index in [9.17, 15) is 0 Å². The maximum atomic E-state index is 5.62. The first-order valence-corrected chi connectivity index (χ1v) is 23.7. The maximum absolute atomic E-state index is 5.62. The summed E-state index contributed by atoms with van der Waals surface area (Å²) in [4.78, 5) is 5.62. The second-order valence-electron chi connectivity index (χ2n) is 18.0. The Labute approximate surface area is 393 Å². The average Bonchev–Trinajstić information content (AvgIpc) is 3.61. The Morgan fingerprint density at radius 2 is 0.806 bits per heavy atom. The standard InChI is InChI=1S/C66H49N/c1-5-19-47(20-6-1)54-27-13-15-29-57(54)64-59-31-17-18-32-60(59)65(58-30-16-14-28-55(58)48-21-7-2-8-22-48)62-43-52(40-42-61(62)64)45-33-35-46(36-34-45)53-38-37-50-39-41-56(49-23-9-3-10-24-49)66(67-63(50)44-53)51-25-11-4-12-26-51/h1-38,40,42-44,50,56,63H,39,41H2. The van der Waals surface area contributed by atoms with Gasteiger partial charge < -0.3 is 0 Å². The van der Waals surface area contributed by atoms with Gasteiger partial charge in [-0.25, -0.2) is 0 Å². The number of hydrogen-bond acceptors (Lipinski definition) is 1. The minimum atomic E-state index is 0.0808. The molecule has 10 aromatic rings. The van der Waals surface area contributed by atoms with E-state index in [4.69, 9.17) is 4.99 Å². The predicted molar refractivity (Wildman–Crippen MR) is 284 cm³/mol. The Bertz CT molecular complexity index is 3490. The third-order valence-corrected chi connectivity index (χ3v) is 14.1. The van der Waals surface area contributed by atoms with Crippen molar-refractivity contribution in [1.29, 1.82) is 0 Å². The van der Waals surface area contributed by atoms with E-state index < -0.39 is 0 Å². The van der Waals surface area contributed by atoms with Crippen LogP contribution in [0.2, 0.25) is 0 Å². The summed E-state index contributed by atoms with van der Waals surface area (Å²) in [6.07, 6.45) is 9.34. The molecule has 1 aliphatic heterocycles. The smallest absolute Gasteiger partial charge is 0.0755 e. The fourth-order valence-electron chi connectivity index (χ4n) is 10.9. The summed E-state index contributed by atoms with van der Waals surface area (Å²) >= 11 is 0. The summed E-state index contributed by atoms with van der Waals surface area (Å²) in [5.41, 5.74) is 18.4. The van der Waals surface area contributed by atoms with Crippen LogP contribution in [-0.2, 0) is 0 Å². The van der Waals surface area contributed by atoms with Crippen molar-refractivity contribution in [3.63, 3.8) is 0 Å². The van der Waals surface area contributed by atoms with Crippen molar-refractivity contribution < 1.29 is 0 Å². The van der Waals surface area contributed by atoms with Gasteiger partial charge in [-0.05, 0) is 118 Å². The lowest BCUT2D eigenvalue weighted by molar-refractivity contribution is 0.521. The highest BCUT2D eigenvalue weighted by Crippen LogP contribution is 2.49. The van der Waals surface area contributed by atoms with Crippen molar-refractivity contribution in [1.82, 2.24) is 0 Å². The zero-order chi connectivity index (χ0) is 44.5. The summed E-state index contributed by atoms with van der Waals surface area (Å²) in [7, 11) is 0. The molecule has 0 spiro atoms. The lowest BCUT2D eigenvalue weighted by Gasteiger charge is -2.22. The molecule has 1 heteroatoms. The van der Waals surface area contributed by atoms with Gasteiger partial charge in [0.15, 0.2) is 0 Å². The second-order valence-corrected chi connectivity index (χ2v) is 18.0. The maximum Gasteiger partial charge on any atom is 0.0755 e. The summed E-state index contributed by atoms with van der Waals surface area (Å²) in [6.45, 7) is 0. The Morgan fingerprint density at radius 1 is 0.343 bits per heavy atom. The van der Waals surface area contributed by atoms with Gasteiger partial charge in [0.2, 0.25) is 0 Å². The molecule has 318 valence electrons. The molecule has 2 aliphatic rings. The van der Waals surface area contributed by atoms with Gasteiger partial charge in [-0.15, -0.1) is 0 Å². The van der Waals surface area contributed by atoms with Crippen LogP contribution < -0.4 is 0 Å². The SMILES string of the molecule is C1=CC2CCC(c3ccccc3)C(c3ccccc3)=NC2C=C1c1ccc(-c2ccc3c(-c4ccccc4-c4ccccc4)c4ccccc4c(-c4ccccc4-c4ccccc4)c3c2)cc1. The highest BCUT2D eigenvalue weighted by molar-refractivity contribution is 6.24. The van der Waals surface area contributed by atoms with Crippen LogP contribution in [0.15, 0.2) is 260 Å². The fraction of sp³-hybridized carbons (Fsp3) is 0.0758. The van der Waals surface area contributed by atoms with E-state index in [-0.39, 0.29) is 12.0 Å². The highest BCUT2D eigenvalue weighted by atomic mass is 14.8. The number of benzene rings is 10. The Kier molecular flexibility index (Phi) is 10.7. The van der Waals surface area contributed by atoms with Crippen LogP contribution >= 0.6 is 0 Å². The summed E-state index contributed by atoms with van der Waals surface area (Å²) < 4.78 is 0. The van der Waals surface area contributed by atoms with Crippen LogP contribution in [0.3, 0.4) is 0 Å². The van der Waals surface area contributed by atoms with Crippen molar-refractivity contribution in [2.75, 3.05) is 0 Å². The van der Waals surface area contributed by atoms with Gasteiger partial charge >= 0.3 is 0 Å². The van der Waals surface area contributed by atoms with Gasteiger partial charge in [0.25, 0.3) is 0 Å². The van der Waals surface area contributed by atoms with Crippen molar-refractivity contribution in [2.24, 2.45) is 10.9 Å². The Morgan fingerprint density at radius 3 is 1.40 bits per heavy atom. The molecule has 1 nitrogen and oxygen atoms in total. The topological polar surface area (TPSA) is 12.4 Å². The minimum absolute atomic E-state index is 0.0808. The zero-order valence-corrected chi connectivity index (χ0v) is 37.3. The zero-order valence-electron chi connectivity index (χ0n) is 37.3. The predicted octanol–water partition coefficient (Wildman–Crippen LogP) is 17.3. The van der Waals surface area contributed by atoms with Crippen LogP contribution in [0.25, 0.3) is 82.8 Å². The van der Waals surface area contributed by atoms with Crippen LogP contribution in [0.5, 0.6) is 0 Å². The van der Waals surface area contributed by atoms with Crippen molar-refractivity contribution >= 4 is 32.8 Å². The molecule has 0 saturated carbocycles. The molecule has 3 unspecified atom stereocenters. The molecule has 0 amide bonds. The van der Waals surface area contributed by atoms with Crippen molar-refractivity contribution in [3.05, 3.63) is 272 Å². The molecule has 10 aromatic carbocycles. The molecule has 0 aromatic heterocycles. The van der Waals surface area contributed by atoms with Gasteiger partial charge in [-0.3, -0.25) is 4.99 Å². The van der Waals surface area contributed by atoms with Crippen LogP contribution in [0.4, 0.5) is 0 Å². The number of rotatable bonds is 8. The van der Waals surface area contributed by atoms with Crippen molar-refractivity contribution in [2.45, 2.75) is 24.8 Å². The third-order valence-electron chi connectivity index (χ3n) is 14.1. The first kappa shape index (κ1) is 40.4. The monoisotopic (exact) mass is 855 g/mol. The lowest BCUT2D eigenvalue weighted by Crippen LogP contribution is -2.18. The Hall–Kier alpha value is -8.13. The second kappa shape index (κ2) is 17.7. The number of fused-ring (bicyclic) bond motifs is 3. The summed E-state index contributed by atoms with van der Waals surface area (Å²) in [5, 5.41) is 4.96. The first-order valence-electron chi connectivity index (χ1n) is 23.7. The molecular weight excluding hydrogens is 807 g/mol. The van der Waals surface area contributed by atoms with E-state index in [1.807, 2.05) is 0 Å². The number of hydrogen-bond donors (Lipinski definition) is 0. The summed E-state index contributed by atoms with van der Waals surface area (Å²) in [6, 6.07) is 86.7. The molecule has 0 bridgehead atoms. The van der Waals surface area contributed by atoms with E-state index in [0.717, 1.165) is 12.8 Å². The fourth-order valence-corrected chi connectivity index (χ4v) is 10.9. The number of aliphatic imine (C=N–C) groups is 1. The molecule has 1 aliphatic carbocycles. The van der Waals surface area contributed by atoms with Gasteiger partial charge in [-0.2, -0.15) is 0 Å². The first-order chi connectivity index (χ1) is 33.2. The van der Waals surface area contributed by atoms with E-state index in [1.54, 1.807) is 0 Å². The Balaban J connectivity index is 0.991. The molecule has 12 rings (SSSR count). The van der Waals surface area contributed by atoms with Gasteiger partial charge in [0.05, 0.1) is 11.8 Å². The third kappa shape index (κ3) is 7.63. The van der Waals surface area contributed by atoms with Crippen LogP contribution in [0, 0.1) is 5.92 Å². The number of nitrogens with zero attached hydrogens (tertiary/aromatic N) is 1. The lowest BCUT2D eigenvalue weighted by atomic mass is 9.81. The summed E-state index contributed by atoms with van der Waals surface area (Å²) in [5.74, 6) is 0.635. The molecule has 0 radical (unpaired) electrons. The van der Waals surface area contributed by atoms with Gasteiger partial charge in [0.1, 0.15) is 0 Å². The van der Waals surface area contributed by atoms with Gasteiger partial charge in [0, 0.05) is 11.8 Å². The quantitative estimate of drug-likeness (QED) is 0.135. The van der Waals surface area contributed by atoms with Crippen molar-refractivity contribution in [3.8, 4) is 55.6 Å². The van der Waals surface area contributed by atoms with E-state index in [0.29, 0.717) is 5.92 Å². The molecule has 3 atom stereocenters. The van der Waals surface area contributed by atoms with E-state index >= 15 is 0 Å². The molecule has 1 heterocycles. The van der Waals surface area contributed by atoms with Gasteiger partial charge in [-0.1, -0.05) is 249 Å². The number of allylic oxidation sites excluding steroid dienone is 2. The van der Waals surface area contributed by atoms with Crippen LogP contribution in [0.1, 0.15) is 35.4 Å². The van der Waals surface area contributed by atoms with Crippen LogP contribution in [-0.4, -0.2) is 11.8 Å². The van der Waals surface area contributed by atoms with E-state index in [1.165, 1.54) is 105 Å². The average molecular weight is 856 g/mol. The largest absolute Gasteiger partial charge is 0.280 e. The normalized spacial score (nSPS) is 16.8.